The van der Waals surface area contributed by atoms with Crippen molar-refractivity contribution in [2.24, 2.45) is 5.92 Å². The molecule has 1 atom stereocenters. The van der Waals surface area contributed by atoms with E-state index >= 15 is 0 Å². The van der Waals surface area contributed by atoms with Crippen LogP contribution in [0.1, 0.15) is 47.3 Å². The van der Waals surface area contributed by atoms with Crippen LogP contribution in [-0.4, -0.2) is 29.8 Å². The molecule has 0 bridgehead atoms. The molecular formula is C28H30FN3O2. The van der Waals surface area contributed by atoms with Gasteiger partial charge in [-0.25, -0.2) is 4.39 Å². The zero-order chi connectivity index (χ0) is 23.9. The topological polar surface area (TPSA) is 61.4 Å². The molecule has 1 fully saturated rings. The van der Waals surface area contributed by atoms with Gasteiger partial charge < -0.3 is 10.6 Å². The molecule has 1 heterocycles. The number of amides is 2. The Morgan fingerprint density at radius 1 is 0.941 bits per heavy atom. The number of para-hydroxylation sites is 1. The van der Waals surface area contributed by atoms with E-state index in [2.05, 4.69) is 15.5 Å². The minimum Gasteiger partial charge on any atom is -0.345 e. The Bertz CT molecular complexity index is 1130. The number of benzene rings is 3. The van der Waals surface area contributed by atoms with E-state index < -0.39 is 0 Å². The van der Waals surface area contributed by atoms with Crippen LogP contribution in [0.3, 0.4) is 0 Å². The zero-order valence-corrected chi connectivity index (χ0v) is 19.3. The van der Waals surface area contributed by atoms with Crippen molar-refractivity contribution < 1.29 is 14.0 Å². The fourth-order valence-corrected chi connectivity index (χ4v) is 4.35. The number of carbonyl (C=O) groups excluding carboxylic acids is 2. The van der Waals surface area contributed by atoms with Crippen molar-refractivity contribution in [3.8, 4) is 0 Å². The first kappa shape index (κ1) is 23.6. The molecule has 0 unspecified atom stereocenters. The molecule has 0 radical (unpaired) electrons. The van der Waals surface area contributed by atoms with E-state index in [1.807, 2.05) is 49.4 Å². The van der Waals surface area contributed by atoms with E-state index in [9.17, 15) is 14.0 Å². The van der Waals surface area contributed by atoms with Gasteiger partial charge >= 0.3 is 0 Å². The van der Waals surface area contributed by atoms with Gasteiger partial charge in [-0.1, -0.05) is 60.7 Å². The summed E-state index contributed by atoms with van der Waals surface area (Å²) in [4.78, 5) is 28.1. The van der Waals surface area contributed by atoms with E-state index in [1.165, 1.54) is 6.07 Å². The summed E-state index contributed by atoms with van der Waals surface area (Å²) in [6.45, 7) is 3.93. The van der Waals surface area contributed by atoms with E-state index in [0.717, 1.165) is 18.7 Å². The molecule has 1 aliphatic rings. The lowest BCUT2D eigenvalue weighted by atomic mass is 9.95. The average molecular weight is 460 g/mol. The van der Waals surface area contributed by atoms with E-state index in [1.54, 1.807) is 30.3 Å². The standard InChI is InChI=1S/C28H30FN3O2/c1-20(21-9-3-2-4-10-21)30-28(34)24-12-6-8-14-26(24)31-27(33)22-15-17-32(18-16-22)19-23-11-5-7-13-25(23)29/h2-14,20,22H,15-19H2,1H3,(H,30,34)(H,31,33)/t20-/m1/s1. The SMILES string of the molecule is C[C@@H](NC(=O)c1ccccc1NC(=O)C1CCN(Cc2ccccc2F)CC1)c1ccccc1. The monoisotopic (exact) mass is 459 g/mol. The van der Waals surface area contributed by atoms with Crippen molar-refractivity contribution in [3.63, 3.8) is 0 Å². The highest BCUT2D eigenvalue weighted by Crippen LogP contribution is 2.23. The van der Waals surface area contributed by atoms with Crippen molar-refractivity contribution in [3.05, 3.63) is 101 Å². The highest BCUT2D eigenvalue weighted by Gasteiger charge is 2.26. The number of rotatable bonds is 7. The quantitative estimate of drug-likeness (QED) is 0.513. The van der Waals surface area contributed by atoms with Gasteiger partial charge in [-0.05, 0) is 56.6 Å². The molecule has 2 amide bonds. The number of anilines is 1. The lowest BCUT2D eigenvalue weighted by molar-refractivity contribution is -0.121. The molecule has 4 rings (SSSR count). The first-order valence-electron chi connectivity index (χ1n) is 11.7. The van der Waals surface area contributed by atoms with Gasteiger partial charge in [0, 0.05) is 18.0 Å². The third-order valence-electron chi connectivity index (χ3n) is 6.39. The minimum atomic E-state index is -0.230. The molecule has 0 spiro atoms. The molecule has 0 saturated carbocycles. The molecule has 176 valence electrons. The Morgan fingerprint density at radius 2 is 1.59 bits per heavy atom. The maximum absolute atomic E-state index is 13.9. The van der Waals surface area contributed by atoms with Crippen molar-refractivity contribution in [1.82, 2.24) is 10.2 Å². The molecular weight excluding hydrogens is 429 g/mol. The molecule has 3 aromatic rings. The summed E-state index contributed by atoms with van der Waals surface area (Å²) < 4.78 is 13.9. The fraction of sp³-hybridized carbons (Fsp3) is 0.286. The second kappa shape index (κ2) is 11.1. The molecule has 0 aromatic heterocycles. The number of hydrogen-bond donors (Lipinski definition) is 2. The Hall–Kier alpha value is -3.51. The lowest BCUT2D eigenvalue weighted by Gasteiger charge is -2.31. The molecule has 1 aliphatic heterocycles. The Morgan fingerprint density at radius 3 is 2.32 bits per heavy atom. The summed E-state index contributed by atoms with van der Waals surface area (Å²) in [6, 6.07) is 23.5. The van der Waals surface area contributed by atoms with Crippen LogP contribution in [0.5, 0.6) is 0 Å². The number of piperidine rings is 1. The van der Waals surface area contributed by atoms with Crippen LogP contribution in [0, 0.1) is 11.7 Å². The Balaban J connectivity index is 1.34. The van der Waals surface area contributed by atoms with Crippen LogP contribution in [0.4, 0.5) is 10.1 Å². The van der Waals surface area contributed by atoms with Crippen molar-refractivity contribution in [2.75, 3.05) is 18.4 Å². The van der Waals surface area contributed by atoms with Crippen LogP contribution in [0.15, 0.2) is 78.9 Å². The van der Waals surface area contributed by atoms with E-state index in [0.29, 0.717) is 36.2 Å². The van der Waals surface area contributed by atoms with Crippen LogP contribution < -0.4 is 10.6 Å². The predicted octanol–water partition coefficient (Wildman–Crippen LogP) is 5.17. The van der Waals surface area contributed by atoms with Gasteiger partial charge in [0.2, 0.25) is 5.91 Å². The summed E-state index contributed by atoms with van der Waals surface area (Å²) in [7, 11) is 0. The molecule has 5 nitrogen and oxygen atoms in total. The number of likely N-dealkylation sites (tertiary alicyclic amines) is 1. The summed E-state index contributed by atoms with van der Waals surface area (Å²) in [5, 5.41) is 5.98. The Kier molecular flexibility index (Phi) is 7.70. The van der Waals surface area contributed by atoms with Crippen molar-refractivity contribution in [1.29, 1.82) is 0 Å². The van der Waals surface area contributed by atoms with Gasteiger partial charge in [-0.15, -0.1) is 0 Å². The summed E-state index contributed by atoms with van der Waals surface area (Å²) >= 11 is 0. The second-order valence-corrected chi connectivity index (χ2v) is 8.78. The zero-order valence-electron chi connectivity index (χ0n) is 19.3. The third-order valence-corrected chi connectivity index (χ3v) is 6.39. The fourth-order valence-electron chi connectivity index (χ4n) is 4.35. The lowest BCUT2D eigenvalue weighted by Crippen LogP contribution is -2.38. The van der Waals surface area contributed by atoms with E-state index in [-0.39, 0.29) is 29.6 Å². The smallest absolute Gasteiger partial charge is 0.253 e. The average Bonchev–Trinajstić information content (AvgIpc) is 2.86. The van der Waals surface area contributed by atoms with Crippen LogP contribution in [-0.2, 0) is 11.3 Å². The van der Waals surface area contributed by atoms with Gasteiger partial charge in [0.15, 0.2) is 0 Å². The highest BCUT2D eigenvalue weighted by molar-refractivity contribution is 6.04. The van der Waals surface area contributed by atoms with Crippen LogP contribution in [0.25, 0.3) is 0 Å². The molecule has 2 N–H and O–H groups in total. The normalized spacial score (nSPS) is 15.5. The van der Waals surface area contributed by atoms with Crippen molar-refractivity contribution >= 4 is 17.5 Å². The maximum atomic E-state index is 13.9. The molecule has 0 aliphatic carbocycles. The van der Waals surface area contributed by atoms with Crippen LogP contribution in [0.2, 0.25) is 0 Å². The number of carbonyl (C=O) groups is 2. The minimum absolute atomic E-state index is 0.0816. The van der Waals surface area contributed by atoms with Gasteiger partial charge in [-0.2, -0.15) is 0 Å². The second-order valence-electron chi connectivity index (χ2n) is 8.78. The van der Waals surface area contributed by atoms with Gasteiger partial charge in [0.25, 0.3) is 5.91 Å². The first-order chi connectivity index (χ1) is 16.5. The van der Waals surface area contributed by atoms with Crippen molar-refractivity contribution in [2.45, 2.75) is 32.4 Å². The van der Waals surface area contributed by atoms with Gasteiger partial charge in [0.1, 0.15) is 5.82 Å². The largest absolute Gasteiger partial charge is 0.345 e. The summed E-state index contributed by atoms with van der Waals surface area (Å²) in [5.74, 6) is -0.649. The predicted molar refractivity (Wildman–Crippen MR) is 132 cm³/mol. The summed E-state index contributed by atoms with van der Waals surface area (Å²) in [5.41, 5.74) is 2.64. The van der Waals surface area contributed by atoms with Gasteiger partial charge in [0.05, 0.1) is 17.3 Å². The first-order valence-corrected chi connectivity index (χ1v) is 11.7. The third kappa shape index (κ3) is 5.88. The number of halogens is 1. The molecule has 1 saturated heterocycles. The highest BCUT2D eigenvalue weighted by atomic mass is 19.1. The van der Waals surface area contributed by atoms with Gasteiger partial charge in [-0.3, -0.25) is 14.5 Å². The molecule has 3 aromatic carbocycles. The molecule has 34 heavy (non-hydrogen) atoms. The van der Waals surface area contributed by atoms with Crippen LogP contribution >= 0.6 is 0 Å². The number of nitrogens with one attached hydrogen (secondary N) is 2. The molecule has 6 heteroatoms. The summed E-state index contributed by atoms with van der Waals surface area (Å²) in [6.07, 6.45) is 1.39. The number of hydrogen-bond acceptors (Lipinski definition) is 3. The van der Waals surface area contributed by atoms with E-state index in [4.69, 9.17) is 0 Å². The number of nitrogens with zero attached hydrogens (tertiary/aromatic N) is 1. The Labute approximate surface area is 200 Å². The maximum Gasteiger partial charge on any atom is 0.253 e.